The maximum atomic E-state index is 14.5. The molecule has 2 aromatic carbocycles. The van der Waals surface area contributed by atoms with Gasteiger partial charge < -0.3 is 19.3 Å². The normalized spacial score (nSPS) is 26.1. The predicted octanol–water partition coefficient (Wildman–Crippen LogP) is 7.45. The summed E-state index contributed by atoms with van der Waals surface area (Å²) in [6.07, 6.45) is 3.44. The molecule has 0 aromatic heterocycles. The van der Waals surface area contributed by atoms with Crippen molar-refractivity contribution in [1.29, 1.82) is 0 Å². The molecule has 1 saturated heterocycles. The first-order chi connectivity index (χ1) is 20.9. The average molecular weight is 605 g/mol. The molecule has 0 amide bonds. The van der Waals surface area contributed by atoms with Gasteiger partial charge in [-0.15, -0.1) is 0 Å². The summed E-state index contributed by atoms with van der Waals surface area (Å²) in [4.78, 5) is 40.7. The Morgan fingerprint density at radius 2 is 1.61 bits per heavy atom. The van der Waals surface area contributed by atoms with Gasteiger partial charge in [-0.2, -0.15) is 0 Å². The van der Waals surface area contributed by atoms with E-state index in [0.717, 1.165) is 24.0 Å². The summed E-state index contributed by atoms with van der Waals surface area (Å²) >= 11 is 0. The fourth-order valence-electron chi connectivity index (χ4n) is 8.32. The number of carbonyl (C=O) groups is 3. The van der Waals surface area contributed by atoms with E-state index in [4.69, 9.17) is 14.2 Å². The van der Waals surface area contributed by atoms with Gasteiger partial charge in [0.05, 0.1) is 16.7 Å². The van der Waals surface area contributed by atoms with E-state index in [1.807, 2.05) is 77.1 Å². The van der Waals surface area contributed by atoms with E-state index in [2.05, 4.69) is 6.92 Å². The van der Waals surface area contributed by atoms with Crippen molar-refractivity contribution in [2.75, 3.05) is 0 Å². The van der Waals surface area contributed by atoms with Gasteiger partial charge >= 0.3 is 17.9 Å². The Hall–Kier alpha value is -3.35. The number of esters is 3. The van der Waals surface area contributed by atoms with Crippen LogP contribution in [0.4, 0.5) is 0 Å². The summed E-state index contributed by atoms with van der Waals surface area (Å²) in [5, 5.41) is 9.89. The van der Waals surface area contributed by atoms with E-state index < -0.39 is 22.5 Å². The molecule has 7 heteroatoms. The highest BCUT2D eigenvalue weighted by Gasteiger charge is 2.63. The van der Waals surface area contributed by atoms with E-state index in [1.165, 1.54) is 0 Å². The van der Waals surface area contributed by atoms with Gasteiger partial charge in [0.25, 0.3) is 0 Å². The lowest BCUT2D eigenvalue weighted by atomic mass is 9.68. The van der Waals surface area contributed by atoms with Crippen molar-refractivity contribution in [3.05, 3.63) is 65.7 Å². The molecule has 2 aromatic rings. The van der Waals surface area contributed by atoms with Gasteiger partial charge in [-0.05, 0) is 94.9 Å². The second-order valence-electron chi connectivity index (χ2n) is 14.3. The third-order valence-corrected chi connectivity index (χ3v) is 10.8. The van der Waals surface area contributed by atoms with E-state index in [0.29, 0.717) is 25.7 Å². The molecule has 7 unspecified atom stereocenters. The molecular weight excluding hydrogens is 556 g/mol. The molecule has 5 rings (SSSR count). The van der Waals surface area contributed by atoms with Crippen molar-refractivity contribution in [3.8, 4) is 5.75 Å². The lowest BCUT2D eigenvalue weighted by molar-refractivity contribution is -0.182. The second kappa shape index (κ2) is 12.2. The number of aromatic hydroxyl groups is 1. The second-order valence-corrected chi connectivity index (χ2v) is 14.3. The summed E-state index contributed by atoms with van der Waals surface area (Å²) in [5.74, 6) is -0.483. The van der Waals surface area contributed by atoms with Crippen LogP contribution in [-0.2, 0) is 34.2 Å². The van der Waals surface area contributed by atoms with E-state index in [9.17, 15) is 19.5 Å². The summed E-state index contributed by atoms with van der Waals surface area (Å²) in [6, 6.07) is 17.0. The zero-order valence-electron chi connectivity index (χ0n) is 27.0. The maximum absolute atomic E-state index is 14.5. The topological polar surface area (TPSA) is 99.1 Å². The lowest BCUT2D eigenvalue weighted by Gasteiger charge is -2.41. The first kappa shape index (κ1) is 32.1. The zero-order chi connectivity index (χ0) is 31.9. The highest BCUT2D eigenvalue weighted by atomic mass is 16.6. The standard InChI is InChI=1S/C37H48O7/c1-7-23(24-15-17-27(38)18-16-24)21-36(6,34(41)44-37(8-2,9-3)26-13-11-10-12-14-26)22-35(4,5)33(40)43-30-25-19-28-29(20-25)32(39)42-31(28)30/h10-18,23,25,28-31,38H,7-9,19-22H2,1-6H3. The number of carbonyl (C=O) groups excluding carboxylic acids is 3. The van der Waals surface area contributed by atoms with Gasteiger partial charge in [0.1, 0.15) is 23.6 Å². The van der Waals surface area contributed by atoms with Crippen molar-refractivity contribution in [2.45, 2.75) is 110 Å². The number of benzene rings is 2. The maximum Gasteiger partial charge on any atom is 0.312 e. The van der Waals surface area contributed by atoms with Gasteiger partial charge in [0, 0.05) is 11.8 Å². The molecule has 2 saturated carbocycles. The summed E-state index contributed by atoms with van der Waals surface area (Å²) in [7, 11) is 0. The van der Waals surface area contributed by atoms with Gasteiger partial charge in [-0.25, -0.2) is 0 Å². The average Bonchev–Trinajstić information content (AvgIpc) is 3.65. The minimum atomic E-state index is -1.04. The minimum Gasteiger partial charge on any atom is -0.508 e. The zero-order valence-corrected chi connectivity index (χ0v) is 27.0. The number of rotatable bonds is 13. The first-order valence-electron chi connectivity index (χ1n) is 16.4. The van der Waals surface area contributed by atoms with Crippen molar-refractivity contribution >= 4 is 17.9 Å². The smallest absolute Gasteiger partial charge is 0.312 e. The quantitative estimate of drug-likeness (QED) is 0.187. The van der Waals surface area contributed by atoms with E-state index in [-0.39, 0.29) is 59.9 Å². The van der Waals surface area contributed by atoms with Crippen molar-refractivity contribution < 1.29 is 33.7 Å². The minimum absolute atomic E-state index is 0.00486. The Labute approximate surface area is 261 Å². The molecule has 238 valence electrons. The fraction of sp³-hybridized carbons (Fsp3) is 0.595. The van der Waals surface area contributed by atoms with Crippen LogP contribution in [0.5, 0.6) is 5.75 Å². The van der Waals surface area contributed by atoms with Crippen LogP contribution in [0, 0.1) is 28.6 Å². The van der Waals surface area contributed by atoms with Gasteiger partial charge in [-0.1, -0.05) is 63.2 Å². The highest BCUT2D eigenvalue weighted by Crippen LogP contribution is 2.56. The van der Waals surface area contributed by atoms with Gasteiger partial charge in [0.15, 0.2) is 0 Å². The van der Waals surface area contributed by atoms with Crippen LogP contribution in [0.2, 0.25) is 0 Å². The largest absolute Gasteiger partial charge is 0.508 e. The van der Waals surface area contributed by atoms with Crippen LogP contribution in [0.15, 0.2) is 54.6 Å². The molecular formula is C37H48O7. The van der Waals surface area contributed by atoms with Crippen LogP contribution in [-0.4, -0.2) is 35.2 Å². The van der Waals surface area contributed by atoms with Gasteiger partial charge in [0.2, 0.25) is 0 Å². The van der Waals surface area contributed by atoms with Crippen molar-refractivity contribution in [1.82, 2.24) is 0 Å². The molecule has 0 radical (unpaired) electrons. The predicted molar refractivity (Wildman–Crippen MR) is 167 cm³/mol. The third-order valence-electron chi connectivity index (χ3n) is 10.8. The Bertz CT molecular complexity index is 1350. The van der Waals surface area contributed by atoms with Crippen LogP contribution < -0.4 is 0 Å². The Kier molecular flexibility index (Phi) is 8.90. The van der Waals surface area contributed by atoms with Crippen LogP contribution in [0.3, 0.4) is 0 Å². The Balaban J connectivity index is 1.42. The lowest BCUT2D eigenvalue weighted by Crippen LogP contribution is -2.45. The van der Waals surface area contributed by atoms with Gasteiger partial charge in [-0.3, -0.25) is 14.4 Å². The molecule has 7 nitrogen and oxygen atoms in total. The summed E-state index contributed by atoms with van der Waals surface area (Å²) in [6.45, 7) is 11.7. The molecule has 3 fully saturated rings. The molecule has 1 aliphatic heterocycles. The Morgan fingerprint density at radius 3 is 2.23 bits per heavy atom. The third kappa shape index (κ3) is 5.87. The molecule has 3 aliphatic rings. The first-order valence-corrected chi connectivity index (χ1v) is 16.4. The SMILES string of the molecule is CCC(CC(C)(CC(C)(C)C(=O)OC1C2CC3C(=O)OC1C3C2)C(=O)OC(CC)(CC)c1ccccc1)c1ccc(O)cc1. The molecule has 1 heterocycles. The monoisotopic (exact) mass is 604 g/mol. The molecule has 2 aliphatic carbocycles. The number of phenolic OH excluding ortho intramolecular Hbond substituents is 1. The fourth-order valence-corrected chi connectivity index (χ4v) is 8.32. The number of fused-ring (bicyclic) bond motifs is 1. The number of hydrogen-bond acceptors (Lipinski definition) is 7. The Morgan fingerprint density at radius 1 is 0.955 bits per heavy atom. The summed E-state index contributed by atoms with van der Waals surface area (Å²) in [5.41, 5.74) is -0.879. The van der Waals surface area contributed by atoms with Crippen molar-refractivity contribution in [3.63, 3.8) is 0 Å². The van der Waals surface area contributed by atoms with E-state index >= 15 is 0 Å². The van der Waals surface area contributed by atoms with Crippen LogP contribution >= 0.6 is 0 Å². The molecule has 7 atom stereocenters. The molecule has 1 N–H and O–H groups in total. The van der Waals surface area contributed by atoms with Crippen molar-refractivity contribution in [2.24, 2.45) is 28.6 Å². The van der Waals surface area contributed by atoms with Crippen LogP contribution in [0.25, 0.3) is 0 Å². The number of phenols is 1. The molecule has 2 bridgehead atoms. The number of hydrogen-bond donors (Lipinski definition) is 1. The highest BCUT2D eigenvalue weighted by molar-refractivity contribution is 5.81. The number of ether oxygens (including phenoxy) is 3. The molecule has 44 heavy (non-hydrogen) atoms. The van der Waals surface area contributed by atoms with Crippen LogP contribution in [0.1, 0.15) is 104 Å². The summed E-state index contributed by atoms with van der Waals surface area (Å²) < 4.78 is 18.4. The van der Waals surface area contributed by atoms with E-state index in [1.54, 1.807) is 12.1 Å². The molecule has 0 spiro atoms.